The van der Waals surface area contributed by atoms with Crippen LogP contribution in [0.5, 0.6) is 0 Å². The summed E-state index contributed by atoms with van der Waals surface area (Å²) in [6.45, 7) is 1.89. The molecule has 1 aliphatic heterocycles. The Kier molecular flexibility index (Phi) is 5.58. The molecule has 0 saturated carbocycles. The van der Waals surface area contributed by atoms with E-state index >= 15 is 0 Å². The standard InChI is InChI=1S/C17H18N4OS2.ClH/c18-14-11-3-4-12(13-2-1-9-23-13)21-17(11)24-15(14)16(22)20-10-5-7-19-8-6-10;/h1-4,9-10,19H,5-8,18H2,(H,20,22);1H. The minimum atomic E-state index is -0.0833. The van der Waals surface area contributed by atoms with Gasteiger partial charge in [0.15, 0.2) is 0 Å². The number of carbonyl (C=O) groups is 1. The summed E-state index contributed by atoms with van der Waals surface area (Å²) in [5.41, 5.74) is 7.67. The van der Waals surface area contributed by atoms with Crippen LogP contribution in [-0.2, 0) is 0 Å². The first-order valence-corrected chi connectivity index (χ1v) is 9.66. The number of hydrogen-bond acceptors (Lipinski definition) is 6. The molecule has 0 spiro atoms. The molecule has 132 valence electrons. The van der Waals surface area contributed by atoms with Gasteiger partial charge in [0.25, 0.3) is 5.91 Å². The Bertz CT molecular complexity index is 872. The molecule has 5 nitrogen and oxygen atoms in total. The Hall–Kier alpha value is -1.67. The highest BCUT2D eigenvalue weighted by atomic mass is 35.5. The Morgan fingerprint density at radius 2 is 2.08 bits per heavy atom. The van der Waals surface area contributed by atoms with Crippen LogP contribution >= 0.6 is 35.1 Å². The van der Waals surface area contributed by atoms with Gasteiger partial charge in [-0.3, -0.25) is 4.79 Å². The van der Waals surface area contributed by atoms with Crippen LogP contribution in [0.2, 0.25) is 0 Å². The molecule has 4 heterocycles. The molecule has 0 bridgehead atoms. The van der Waals surface area contributed by atoms with E-state index in [2.05, 4.69) is 15.6 Å². The van der Waals surface area contributed by atoms with E-state index < -0.39 is 0 Å². The van der Waals surface area contributed by atoms with Gasteiger partial charge in [0.1, 0.15) is 9.71 Å². The van der Waals surface area contributed by atoms with Gasteiger partial charge in [-0.2, -0.15) is 0 Å². The fourth-order valence-electron chi connectivity index (χ4n) is 2.94. The quantitative estimate of drug-likeness (QED) is 0.635. The monoisotopic (exact) mass is 394 g/mol. The summed E-state index contributed by atoms with van der Waals surface area (Å²) in [6, 6.07) is 8.20. The number of nitrogens with two attached hydrogens (primary N) is 1. The summed E-state index contributed by atoms with van der Waals surface area (Å²) >= 11 is 3.02. The molecule has 8 heteroatoms. The topological polar surface area (TPSA) is 80.0 Å². The van der Waals surface area contributed by atoms with Crippen LogP contribution in [-0.4, -0.2) is 30.0 Å². The lowest BCUT2D eigenvalue weighted by molar-refractivity contribution is 0.0934. The number of thiophene rings is 2. The van der Waals surface area contributed by atoms with Crippen molar-refractivity contribution in [3.8, 4) is 10.6 Å². The fraction of sp³-hybridized carbons (Fsp3) is 0.294. The Balaban J connectivity index is 0.00000182. The van der Waals surface area contributed by atoms with Gasteiger partial charge >= 0.3 is 0 Å². The second-order valence-electron chi connectivity index (χ2n) is 5.87. The molecule has 1 saturated heterocycles. The number of rotatable bonds is 3. The first-order chi connectivity index (χ1) is 11.7. The number of aromatic nitrogens is 1. The van der Waals surface area contributed by atoms with Crippen molar-refractivity contribution in [2.75, 3.05) is 18.8 Å². The van der Waals surface area contributed by atoms with Crippen LogP contribution < -0.4 is 16.4 Å². The van der Waals surface area contributed by atoms with Crippen molar-refractivity contribution in [2.24, 2.45) is 0 Å². The summed E-state index contributed by atoms with van der Waals surface area (Å²) < 4.78 is 0. The Labute approximate surface area is 160 Å². The molecule has 3 aromatic rings. The van der Waals surface area contributed by atoms with E-state index in [0.717, 1.165) is 46.7 Å². The average molecular weight is 395 g/mol. The second kappa shape index (κ2) is 7.70. The molecule has 1 aliphatic rings. The number of amides is 1. The summed E-state index contributed by atoms with van der Waals surface area (Å²) in [7, 11) is 0. The van der Waals surface area contributed by atoms with E-state index in [-0.39, 0.29) is 24.4 Å². The molecule has 3 aromatic heterocycles. The van der Waals surface area contributed by atoms with Gasteiger partial charge in [0.2, 0.25) is 0 Å². The van der Waals surface area contributed by atoms with Crippen molar-refractivity contribution in [3.63, 3.8) is 0 Å². The third kappa shape index (κ3) is 3.64. The van der Waals surface area contributed by atoms with Gasteiger partial charge in [-0.25, -0.2) is 4.98 Å². The number of piperidine rings is 1. The van der Waals surface area contributed by atoms with Crippen LogP contribution in [0.15, 0.2) is 29.6 Å². The molecule has 25 heavy (non-hydrogen) atoms. The molecule has 4 N–H and O–H groups in total. The number of nitrogens with one attached hydrogen (secondary N) is 2. The second-order valence-corrected chi connectivity index (χ2v) is 7.82. The van der Waals surface area contributed by atoms with Crippen molar-refractivity contribution in [1.82, 2.24) is 15.6 Å². The van der Waals surface area contributed by atoms with Crippen molar-refractivity contribution in [1.29, 1.82) is 0 Å². The lowest BCUT2D eigenvalue weighted by Gasteiger charge is -2.23. The highest BCUT2D eigenvalue weighted by Gasteiger charge is 2.21. The number of fused-ring (bicyclic) bond motifs is 1. The minimum Gasteiger partial charge on any atom is -0.397 e. The van der Waals surface area contributed by atoms with E-state index in [0.29, 0.717) is 10.6 Å². The summed E-state index contributed by atoms with van der Waals surface area (Å²) in [5, 5.41) is 9.29. The van der Waals surface area contributed by atoms with Crippen LogP contribution in [0, 0.1) is 0 Å². The SMILES string of the molecule is Cl.Nc1c(C(=O)NC2CCNCC2)sc2nc(-c3cccs3)ccc12. The van der Waals surface area contributed by atoms with Gasteiger partial charge < -0.3 is 16.4 Å². The maximum absolute atomic E-state index is 12.6. The first-order valence-electron chi connectivity index (χ1n) is 7.97. The molecular formula is C17H19ClN4OS2. The summed E-state index contributed by atoms with van der Waals surface area (Å²) in [4.78, 5) is 19.8. The van der Waals surface area contributed by atoms with E-state index in [1.54, 1.807) is 11.3 Å². The summed E-state index contributed by atoms with van der Waals surface area (Å²) in [5.74, 6) is -0.0833. The van der Waals surface area contributed by atoms with Gasteiger partial charge in [0, 0.05) is 11.4 Å². The van der Waals surface area contributed by atoms with Crippen LogP contribution in [0.1, 0.15) is 22.5 Å². The van der Waals surface area contributed by atoms with E-state index in [1.807, 2.05) is 29.6 Å². The van der Waals surface area contributed by atoms with E-state index in [4.69, 9.17) is 5.73 Å². The molecule has 4 rings (SSSR count). The van der Waals surface area contributed by atoms with Crippen LogP contribution in [0.4, 0.5) is 5.69 Å². The van der Waals surface area contributed by atoms with Crippen molar-refractivity contribution >= 4 is 56.9 Å². The summed E-state index contributed by atoms with van der Waals surface area (Å²) in [6.07, 6.45) is 1.91. The third-order valence-electron chi connectivity index (χ3n) is 4.25. The molecule has 0 unspecified atom stereocenters. The highest BCUT2D eigenvalue weighted by molar-refractivity contribution is 7.21. The lowest BCUT2D eigenvalue weighted by Crippen LogP contribution is -2.42. The number of pyridine rings is 1. The van der Waals surface area contributed by atoms with Gasteiger partial charge in [-0.15, -0.1) is 35.1 Å². The van der Waals surface area contributed by atoms with Gasteiger partial charge in [-0.05, 0) is 49.5 Å². The zero-order valence-electron chi connectivity index (χ0n) is 13.5. The first kappa shape index (κ1) is 18.1. The van der Waals surface area contributed by atoms with Crippen molar-refractivity contribution < 1.29 is 4.79 Å². The normalized spacial score (nSPS) is 15.0. The zero-order valence-corrected chi connectivity index (χ0v) is 15.9. The molecule has 1 fully saturated rings. The number of carbonyl (C=O) groups excluding carboxylic acids is 1. The molecule has 0 aliphatic carbocycles. The minimum absolute atomic E-state index is 0. The van der Waals surface area contributed by atoms with Crippen LogP contribution in [0.25, 0.3) is 20.8 Å². The van der Waals surface area contributed by atoms with Crippen molar-refractivity contribution in [3.05, 3.63) is 34.5 Å². The van der Waals surface area contributed by atoms with Crippen molar-refractivity contribution in [2.45, 2.75) is 18.9 Å². The molecule has 0 radical (unpaired) electrons. The Morgan fingerprint density at radius 3 is 2.80 bits per heavy atom. The molecule has 0 aromatic carbocycles. The van der Waals surface area contributed by atoms with E-state index in [9.17, 15) is 4.79 Å². The fourth-order valence-corrected chi connectivity index (χ4v) is 4.64. The number of nitrogens with zero attached hydrogens (tertiary/aromatic N) is 1. The maximum Gasteiger partial charge on any atom is 0.263 e. The van der Waals surface area contributed by atoms with E-state index in [1.165, 1.54) is 11.3 Å². The largest absolute Gasteiger partial charge is 0.397 e. The average Bonchev–Trinajstić information content (AvgIpc) is 3.24. The number of hydrogen-bond donors (Lipinski definition) is 3. The predicted octanol–water partition coefficient (Wildman–Crippen LogP) is 3.51. The molecular weight excluding hydrogens is 376 g/mol. The lowest BCUT2D eigenvalue weighted by atomic mass is 10.1. The number of nitrogen functional groups attached to an aromatic ring is 1. The highest BCUT2D eigenvalue weighted by Crippen LogP contribution is 2.35. The molecule has 1 amide bonds. The zero-order chi connectivity index (χ0) is 16.5. The third-order valence-corrected chi connectivity index (χ3v) is 6.25. The molecule has 0 atom stereocenters. The predicted molar refractivity (Wildman–Crippen MR) is 108 cm³/mol. The number of anilines is 1. The Morgan fingerprint density at radius 1 is 1.28 bits per heavy atom. The maximum atomic E-state index is 12.6. The van der Waals surface area contributed by atoms with Gasteiger partial charge in [-0.1, -0.05) is 6.07 Å². The smallest absolute Gasteiger partial charge is 0.263 e. The number of halogens is 1. The van der Waals surface area contributed by atoms with Gasteiger partial charge in [0.05, 0.1) is 16.3 Å². The van der Waals surface area contributed by atoms with Crippen LogP contribution in [0.3, 0.4) is 0 Å².